The molecule has 5 rings (SSSR count). The molecule has 8 nitrogen and oxygen atoms in total. The van der Waals surface area contributed by atoms with Gasteiger partial charge in [0, 0.05) is 9.92 Å². The number of para-hydroxylation sites is 2. The first kappa shape index (κ1) is 23.5. The van der Waals surface area contributed by atoms with Crippen LogP contribution in [0, 0.1) is 11.7 Å². The molecule has 35 heavy (non-hydrogen) atoms. The number of fused-ring (bicyclic) bond motifs is 2. The van der Waals surface area contributed by atoms with E-state index in [1.165, 1.54) is 22.8 Å². The molecule has 0 bridgehead atoms. The van der Waals surface area contributed by atoms with Crippen LogP contribution in [0.2, 0.25) is 5.02 Å². The lowest BCUT2D eigenvalue weighted by Crippen LogP contribution is -2.32. The second-order valence-electron chi connectivity index (χ2n) is 7.61. The van der Waals surface area contributed by atoms with E-state index in [2.05, 4.69) is 14.7 Å². The summed E-state index contributed by atoms with van der Waals surface area (Å²) in [5.41, 5.74) is 1.13. The summed E-state index contributed by atoms with van der Waals surface area (Å²) in [4.78, 5) is 29.9. The molecule has 0 saturated heterocycles. The smallest absolute Gasteiger partial charge is 0.285 e. The predicted molar refractivity (Wildman–Crippen MR) is 139 cm³/mol. The summed E-state index contributed by atoms with van der Waals surface area (Å²) in [6, 6.07) is 16.3. The highest BCUT2D eigenvalue weighted by Crippen LogP contribution is 2.37. The third-order valence-electron chi connectivity index (χ3n) is 5.33. The van der Waals surface area contributed by atoms with E-state index in [9.17, 15) is 18.0 Å². The van der Waals surface area contributed by atoms with Gasteiger partial charge in [0.25, 0.3) is 21.5 Å². The average Bonchev–Trinajstić information content (AvgIpc) is 2.80. The summed E-state index contributed by atoms with van der Waals surface area (Å²) < 4.78 is 30.5. The van der Waals surface area contributed by atoms with Crippen LogP contribution < -0.4 is 10.9 Å². The Balaban J connectivity index is 1.56. The fourth-order valence-electron chi connectivity index (χ4n) is 3.65. The van der Waals surface area contributed by atoms with Gasteiger partial charge in [-0.15, -0.1) is 4.40 Å². The van der Waals surface area contributed by atoms with E-state index in [-0.39, 0.29) is 26.1 Å². The molecule has 0 radical (unpaired) electrons. The minimum atomic E-state index is -4.04. The number of amides is 1. The largest absolute Gasteiger partial charge is 0.331 e. The molecule has 0 aliphatic carbocycles. The topological polar surface area (TPSA) is 113 Å². The Hall–Kier alpha value is -3.25. The van der Waals surface area contributed by atoms with Crippen molar-refractivity contribution in [1.82, 2.24) is 14.9 Å². The number of aromatic amines is 1. The van der Waals surface area contributed by atoms with E-state index in [0.717, 1.165) is 11.8 Å². The number of aryl methyl sites for hydroxylation is 1. The highest BCUT2D eigenvalue weighted by molar-refractivity contribution is 8.15. The maximum Gasteiger partial charge on any atom is 0.285 e. The molecular weight excluding hydrogens is 528 g/mol. The molecule has 1 aliphatic heterocycles. The van der Waals surface area contributed by atoms with Crippen molar-refractivity contribution >= 4 is 67.6 Å². The Morgan fingerprint density at radius 1 is 1.14 bits per heavy atom. The van der Waals surface area contributed by atoms with Crippen LogP contribution in [0.1, 0.15) is 15.9 Å². The first-order valence-electron chi connectivity index (χ1n) is 10.1. The summed E-state index contributed by atoms with van der Waals surface area (Å²) in [5.74, 6) is -0.654. The van der Waals surface area contributed by atoms with E-state index < -0.39 is 21.5 Å². The Bertz CT molecular complexity index is 1810. The van der Waals surface area contributed by atoms with Gasteiger partial charge < -0.3 is 10.3 Å². The molecule has 4 aromatic rings. The predicted octanol–water partition coefficient (Wildman–Crippen LogP) is 4.59. The van der Waals surface area contributed by atoms with Crippen molar-refractivity contribution in [3.63, 3.8) is 0 Å². The molecule has 0 fully saturated rings. The minimum absolute atomic E-state index is 0.0248. The van der Waals surface area contributed by atoms with Gasteiger partial charge in [0.1, 0.15) is 4.90 Å². The van der Waals surface area contributed by atoms with Crippen LogP contribution in [0.3, 0.4) is 0 Å². The maximum atomic E-state index is 13.3. The monoisotopic (exact) mass is 542 g/mol. The highest BCUT2D eigenvalue weighted by Gasteiger charge is 2.28. The fraction of sp³-hybridized carbons (Fsp3) is 0.0435. The van der Waals surface area contributed by atoms with Crippen molar-refractivity contribution in [3.8, 4) is 5.69 Å². The van der Waals surface area contributed by atoms with Gasteiger partial charge in [-0.2, -0.15) is 8.42 Å². The Kier molecular flexibility index (Phi) is 5.88. The van der Waals surface area contributed by atoms with Crippen molar-refractivity contribution < 1.29 is 13.2 Å². The molecule has 1 amide bonds. The standard InChI is InChI=1S/C23H15ClN4O4S3/c1-12-10-19-18(11-15(12)24)34-22(27-35(19,31)32)26-20(29)14-7-3-5-9-17(14)28-21(30)13-6-2-4-8-16(13)25-23(28)33/h2-11H,1H3,(H,25,33)(H,26,27,29). The van der Waals surface area contributed by atoms with E-state index in [1.807, 2.05) is 0 Å². The van der Waals surface area contributed by atoms with Crippen LogP contribution >= 0.6 is 35.6 Å². The third kappa shape index (κ3) is 4.20. The molecule has 1 aliphatic rings. The first-order chi connectivity index (χ1) is 16.7. The first-order valence-corrected chi connectivity index (χ1v) is 13.2. The van der Waals surface area contributed by atoms with E-state index in [4.69, 9.17) is 23.8 Å². The molecule has 0 saturated carbocycles. The number of aromatic nitrogens is 2. The molecule has 2 heterocycles. The summed E-state index contributed by atoms with van der Waals surface area (Å²) in [6.45, 7) is 1.69. The zero-order chi connectivity index (χ0) is 24.9. The number of carbonyl (C=O) groups is 1. The summed E-state index contributed by atoms with van der Waals surface area (Å²) in [5, 5.41) is 3.21. The molecular formula is C23H15ClN4O4S3. The number of amidine groups is 1. The quantitative estimate of drug-likeness (QED) is 0.358. The Morgan fingerprint density at radius 2 is 1.86 bits per heavy atom. The van der Waals surface area contributed by atoms with Crippen LogP contribution in [0.25, 0.3) is 16.6 Å². The molecule has 176 valence electrons. The summed E-state index contributed by atoms with van der Waals surface area (Å²) >= 11 is 12.6. The van der Waals surface area contributed by atoms with Gasteiger partial charge in [-0.05, 0) is 72.9 Å². The molecule has 2 N–H and O–H groups in total. The Labute approximate surface area is 213 Å². The van der Waals surface area contributed by atoms with Crippen molar-refractivity contribution in [2.45, 2.75) is 16.7 Å². The lowest BCUT2D eigenvalue weighted by Gasteiger charge is -2.18. The fourth-order valence-corrected chi connectivity index (χ4v) is 6.75. The van der Waals surface area contributed by atoms with Gasteiger partial charge in [0.15, 0.2) is 9.94 Å². The maximum absolute atomic E-state index is 13.3. The Morgan fingerprint density at radius 3 is 2.66 bits per heavy atom. The summed E-state index contributed by atoms with van der Waals surface area (Å²) in [6.07, 6.45) is 0. The number of H-pyrrole nitrogens is 1. The lowest BCUT2D eigenvalue weighted by atomic mass is 10.1. The molecule has 0 atom stereocenters. The number of nitrogens with zero attached hydrogens (tertiary/aromatic N) is 2. The van der Waals surface area contributed by atoms with Crippen LogP contribution in [0.5, 0.6) is 0 Å². The molecule has 0 unspecified atom stereocenters. The zero-order valence-electron chi connectivity index (χ0n) is 17.9. The summed E-state index contributed by atoms with van der Waals surface area (Å²) in [7, 11) is -4.04. The third-order valence-corrected chi connectivity index (χ3v) is 8.53. The van der Waals surface area contributed by atoms with E-state index >= 15 is 0 Å². The van der Waals surface area contributed by atoms with Crippen molar-refractivity contribution in [2.75, 3.05) is 0 Å². The van der Waals surface area contributed by atoms with E-state index in [1.54, 1.807) is 49.4 Å². The van der Waals surface area contributed by atoms with Crippen molar-refractivity contribution in [1.29, 1.82) is 0 Å². The molecule has 1 aromatic heterocycles. The number of nitrogens with one attached hydrogen (secondary N) is 2. The zero-order valence-corrected chi connectivity index (χ0v) is 21.1. The molecule has 3 aromatic carbocycles. The number of halogens is 1. The van der Waals surface area contributed by atoms with Gasteiger partial charge in [0.2, 0.25) is 0 Å². The van der Waals surface area contributed by atoms with Crippen LogP contribution in [-0.2, 0) is 10.0 Å². The second-order valence-corrected chi connectivity index (χ2v) is 11.0. The second kappa shape index (κ2) is 8.76. The van der Waals surface area contributed by atoms with Crippen molar-refractivity contribution in [2.24, 2.45) is 4.40 Å². The van der Waals surface area contributed by atoms with E-state index in [0.29, 0.717) is 26.4 Å². The lowest BCUT2D eigenvalue weighted by molar-refractivity contribution is 0.0978. The minimum Gasteiger partial charge on any atom is -0.331 e. The van der Waals surface area contributed by atoms with Crippen LogP contribution in [0.4, 0.5) is 0 Å². The average molecular weight is 543 g/mol. The van der Waals surface area contributed by atoms with Crippen LogP contribution in [-0.4, -0.2) is 29.0 Å². The molecule has 0 spiro atoms. The van der Waals surface area contributed by atoms with Crippen LogP contribution in [0.15, 0.2) is 79.6 Å². The van der Waals surface area contributed by atoms with Gasteiger partial charge in [-0.25, -0.2) is 0 Å². The van der Waals surface area contributed by atoms with Gasteiger partial charge in [-0.1, -0.05) is 35.9 Å². The normalized spacial score (nSPS) is 14.3. The number of benzene rings is 3. The highest BCUT2D eigenvalue weighted by atomic mass is 35.5. The number of hydrogen-bond acceptors (Lipinski definition) is 6. The number of hydrogen-bond donors (Lipinski definition) is 2. The van der Waals surface area contributed by atoms with Gasteiger partial charge >= 0.3 is 0 Å². The van der Waals surface area contributed by atoms with Gasteiger partial charge in [-0.3, -0.25) is 14.2 Å². The number of rotatable bonds is 2. The SMILES string of the molecule is Cc1cc2c(cc1Cl)SC(NC(=O)c1ccccc1-n1c(=S)[nH]c3ccccc3c1=O)=NS2(=O)=O. The molecule has 12 heteroatoms. The van der Waals surface area contributed by atoms with Gasteiger partial charge in [0.05, 0.1) is 22.2 Å². The number of carbonyl (C=O) groups excluding carboxylic acids is 1. The number of thioether (sulfide) groups is 1. The van der Waals surface area contributed by atoms with Crippen molar-refractivity contribution in [3.05, 3.63) is 91.9 Å². The number of sulfonamides is 1.